The zero-order valence-electron chi connectivity index (χ0n) is 13.6. The zero-order valence-corrected chi connectivity index (χ0v) is 15.1. The summed E-state index contributed by atoms with van der Waals surface area (Å²) in [6.07, 6.45) is -1.05. The molecule has 0 bridgehead atoms. The quantitative estimate of drug-likeness (QED) is 0.670. The Morgan fingerprint density at radius 1 is 0.962 bits per heavy atom. The molecule has 0 aliphatic carbocycles. The summed E-state index contributed by atoms with van der Waals surface area (Å²) in [5.74, 6) is -1.23. The van der Waals surface area contributed by atoms with Crippen LogP contribution >= 0.6 is 23.2 Å². The molecule has 136 valence electrons. The van der Waals surface area contributed by atoms with Crippen LogP contribution in [0.4, 0.5) is 16.2 Å². The number of hydrogen-bond donors (Lipinski definition) is 3. The number of rotatable bonds is 5. The first kappa shape index (κ1) is 19.6. The summed E-state index contributed by atoms with van der Waals surface area (Å²) in [6, 6.07) is 9.70. The van der Waals surface area contributed by atoms with E-state index in [0.717, 1.165) is 0 Å². The van der Waals surface area contributed by atoms with E-state index in [9.17, 15) is 14.4 Å². The highest BCUT2D eigenvalue weighted by atomic mass is 35.5. The third-order valence-corrected chi connectivity index (χ3v) is 3.61. The van der Waals surface area contributed by atoms with E-state index in [1.165, 1.54) is 49.4 Å². The molecule has 2 aromatic carbocycles. The van der Waals surface area contributed by atoms with E-state index in [1.807, 2.05) is 0 Å². The number of halogens is 2. The Morgan fingerprint density at radius 3 is 2.08 bits per heavy atom. The Kier molecular flexibility index (Phi) is 6.43. The molecule has 0 fully saturated rings. The van der Waals surface area contributed by atoms with Crippen LogP contribution in [0.1, 0.15) is 17.3 Å². The number of benzene rings is 2. The van der Waals surface area contributed by atoms with Crippen molar-refractivity contribution >= 4 is 52.5 Å². The molecule has 2 aromatic rings. The highest BCUT2D eigenvalue weighted by molar-refractivity contribution is 6.35. The largest absolute Gasteiger partial charge is 0.449 e. The second kappa shape index (κ2) is 8.55. The van der Waals surface area contributed by atoms with Gasteiger partial charge < -0.3 is 21.1 Å². The Bertz CT molecular complexity index is 820. The average Bonchev–Trinajstić information content (AvgIpc) is 2.53. The smallest absolute Gasteiger partial charge is 0.338 e. The molecule has 4 N–H and O–H groups in total. The summed E-state index contributed by atoms with van der Waals surface area (Å²) in [7, 11) is 0. The minimum atomic E-state index is -1.05. The van der Waals surface area contributed by atoms with Gasteiger partial charge >= 0.3 is 12.0 Å². The molecule has 0 spiro atoms. The second-order valence-corrected chi connectivity index (χ2v) is 6.13. The van der Waals surface area contributed by atoms with Crippen molar-refractivity contribution in [2.45, 2.75) is 13.0 Å². The first-order valence-electron chi connectivity index (χ1n) is 7.39. The number of carbonyl (C=O) groups excluding carboxylic acids is 3. The van der Waals surface area contributed by atoms with Crippen LogP contribution in [0, 0.1) is 0 Å². The lowest BCUT2D eigenvalue weighted by molar-refractivity contribution is -0.123. The number of ether oxygens (including phenoxy) is 1. The molecular formula is C17H15Cl2N3O4. The number of carbonyl (C=O) groups is 3. The van der Waals surface area contributed by atoms with Crippen molar-refractivity contribution in [1.82, 2.24) is 0 Å². The van der Waals surface area contributed by atoms with Gasteiger partial charge in [-0.2, -0.15) is 0 Å². The van der Waals surface area contributed by atoms with Gasteiger partial charge in [-0.1, -0.05) is 23.2 Å². The molecule has 0 saturated carbocycles. The molecule has 0 aliphatic heterocycles. The standard InChI is InChI=1S/C17H15Cl2N3O4/c1-9(15(23)21-14-7-11(18)6-12(19)8-14)26-16(24)10-2-4-13(5-3-10)22-17(20)25/h2-9H,1H3,(H,21,23)(H3,20,22,25)/t9-/m0/s1. The van der Waals surface area contributed by atoms with Crippen LogP contribution in [0.25, 0.3) is 0 Å². The average molecular weight is 396 g/mol. The number of primary amides is 1. The molecular weight excluding hydrogens is 381 g/mol. The first-order chi connectivity index (χ1) is 12.2. The first-order valence-corrected chi connectivity index (χ1v) is 8.14. The normalized spacial score (nSPS) is 11.3. The van der Waals surface area contributed by atoms with Crippen LogP contribution < -0.4 is 16.4 Å². The Balaban J connectivity index is 1.97. The maximum Gasteiger partial charge on any atom is 0.338 e. The van der Waals surface area contributed by atoms with Crippen molar-refractivity contribution in [3.63, 3.8) is 0 Å². The summed E-state index contributed by atoms with van der Waals surface area (Å²) in [4.78, 5) is 35.0. The fourth-order valence-electron chi connectivity index (χ4n) is 1.98. The van der Waals surface area contributed by atoms with Crippen LogP contribution in [0.15, 0.2) is 42.5 Å². The molecule has 3 amide bonds. The van der Waals surface area contributed by atoms with Gasteiger partial charge in [0.25, 0.3) is 5.91 Å². The van der Waals surface area contributed by atoms with E-state index in [2.05, 4.69) is 10.6 Å². The maximum absolute atomic E-state index is 12.1. The van der Waals surface area contributed by atoms with Gasteiger partial charge in [0, 0.05) is 21.4 Å². The maximum atomic E-state index is 12.1. The summed E-state index contributed by atoms with van der Waals surface area (Å²) in [6.45, 7) is 1.43. The number of nitrogens with one attached hydrogen (secondary N) is 2. The molecule has 7 nitrogen and oxygen atoms in total. The molecule has 0 heterocycles. The SMILES string of the molecule is C[C@H](OC(=O)c1ccc(NC(N)=O)cc1)C(=O)Nc1cc(Cl)cc(Cl)c1. The van der Waals surface area contributed by atoms with E-state index >= 15 is 0 Å². The van der Waals surface area contributed by atoms with Crippen molar-refractivity contribution in [1.29, 1.82) is 0 Å². The van der Waals surface area contributed by atoms with Gasteiger partial charge in [-0.05, 0) is 49.4 Å². The number of nitrogens with two attached hydrogens (primary N) is 1. The summed E-state index contributed by atoms with van der Waals surface area (Å²) >= 11 is 11.7. The van der Waals surface area contributed by atoms with Gasteiger partial charge in [0.2, 0.25) is 0 Å². The summed E-state index contributed by atoms with van der Waals surface area (Å²) in [5, 5.41) is 5.66. The predicted octanol–water partition coefficient (Wildman–Crippen LogP) is 3.67. The fourth-order valence-corrected chi connectivity index (χ4v) is 2.51. The number of urea groups is 1. The van der Waals surface area contributed by atoms with Crippen molar-refractivity contribution in [3.05, 3.63) is 58.1 Å². The van der Waals surface area contributed by atoms with Crippen LogP contribution in [-0.4, -0.2) is 24.0 Å². The molecule has 0 aromatic heterocycles. The second-order valence-electron chi connectivity index (χ2n) is 5.26. The molecule has 9 heteroatoms. The number of esters is 1. The van der Waals surface area contributed by atoms with Crippen LogP contribution in [0.5, 0.6) is 0 Å². The van der Waals surface area contributed by atoms with E-state index in [0.29, 0.717) is 21.4 Å². The molecule has 26 heavy (non-hydrogen) atoms. The molecule has 0 aliphatic rings. The number of amides is 3. The lowest BCUT2D eigenvalue weighted by Gasteiger charge is -2.14. The highest BCUT2D eigenvalue weighted by Gasteiger charge is 2.19. The van der Waals surface area contributed by atoms with Crippen molar-refractivity contribution in [3.8, 4) is 0 Å². The van der Waals surface area contributed by atoms with Crippen molar-refractivity contribution in [2.24, 2.45) is 5.73 Å². The minimum Gasteiger partial charge on any atom is -0.449 e. The third kappa shape index (κ3) is 5.65. The van der Waals surface area contributed by atoms with E-state index in [4.69, 9.17) is 33.7 Å². The van der Waals surface area contributed by atoms with Gasteiger partial charge in [-0.25, -0.2) is 9.59 Å². The van der Waals surface area contributed by atoms with Gasteiger partial charge in [0.15, 0.2) is 6.10 Å². The third-order valence-electron chi connectivity index (χ3n) is 3.17. The molecule has 1 atom stereocenters. The highest BCUT2D eigenvalue weighted by Crippen LogP contribution is 2.22. The van der Waals surface area contributed by atoms with Gasteiger partial charge in [-0.15, -0.1) is 0 Å². The molecule has 2 rings (SSSR count). The molecule has 0 saturated heterocycles. The van der Waals surface area contributed by atoms with Crippen molar-refractivity contribution < 1.29 is 19.1 Å². The number of anilines is 2. The van der Waals surface area contributed by atoms with E-state index in [-0.39, 0.29) is 5.56 Å². The van der Waals surface area contributed by atoms with Crippen molar-refractivity contribution in [2.75, 3.05) is 10.6 Å². The monoisotopic (exact) mass is 395 g/mol. The van der Waals surface area contributed by atoms with Crippen LogP contribution in [0.3, 0.4) is 0 Å². The van der Waals surface area contributed by atoms with Gasteiger partial charge in [0.05, 0.1) is 5.56 Å². The van der Waals surface area contributed by atoms with E-state index in [1.54, 1.807) is 0 Å². The molecule has 0 radical (unpaired) electrons. The Labute approximate surface area is 159 Å². The summed E-state index contributed by atoms with van der Waals surface area (Å²) in [5.41, 5.74) is 6.03. The predicted molar refractivity (Wildman–Crippen MR) is 99.6 cm³/mol. The Hall–Kier alpha value is -2.77. The zero-order chi connectivity index (χ0) is 19.3. The summed E-state index contributed by atoms with van der Waals surface area (Å²) < 4.78 is 5.12. The topological polar surface area (TPSA) is 111 Å². The lowest BCUT2D eigenvalue weighted by Crippen LogP contribution is -2.30. The van der Waals surface area contributed by atoms with Gasteiger partial charge in [-0.3, -0.25) is 4.79 Å². The Morgan fingerprint density at radius 2 is 1.54 bits per heavy atom. The lowest BCUT2D eigenvalue weighted by atomic mass is 10.2. The van der Waals surface area contributed by atoms with E-state index < -0.39 is 24.0 Å². The van der Waals surface area contributed by atoms with Gasteiger partial charge in [0.1, 0.15) is 0 Å². The van der Waals surface area contributed by atoms with Crippen LogP contribution in [0.2, 0.25) is 10.0 Å². The van der Waals surface area contributed by atoms with Crippen LogP contribution in [-0.2, 0) is 9.53 Å². The fraction of sp³-hybridized carbons (Fsp3) is 0.118. The molecule has 0 unspecified atom stereocenters. The minimum absolute atomic E-state index is 0.213. The number of hydrogen-bond acceptors (Lipinski definition) is 4.